The van der Waals surface area contributed by atoms with E-state index in [4.69, 9.17) is 4.42 Å². The molecule has 1 unspecified atom stereocenters. The van der Waals surface area contributed by atoms with Crippen molar-refractivity contribution in [2.75, 3.05) is 50.7 Å². The lowest BCUT2D eigenvalue weighted by atomic mass is 9.97. The number of rotatable bonds is 3. The quantitative estimate of drug-likeness (QED) is 0.858. The molecule has 2 aromatic heterocycles. The minimum Gasteiger partial charge on any atom is -0.439 e. The zero-order valence-electron chi connectivity index (χ0n) is 14.9. The van der Waals surface area contributed by atoms with Crippen LogP contribution in [0, 0.1) is 5.92 Å². The van der Waals surface area contributed by atoms with Crippen molar-refractivity contribution in [3.05, 3.63) is 24.0 Å². The van der Waals surface area contributed by atoms with Crippen molar-refractivity contribution in [1.29, 1.82) is 0 Å². The minimum atomic E-state index is -0.0793. The second kappa shape index (κ2) is 6.55. The zero-order valence-corrected chi connectivity index (χ0v) is 14.9. The van der Waals surface area contributed by atoms with Crippen molar-refractivity contribution in [3.63, 3.8) is 0 Å². The van der Waals surface area contributed by atoms with Crippen LogP contribution in [0.4, 0.5) is 5.88 Å². The topological polar surface area (TPSA) is 73.6 Å². The first-order chi connectivity index (χ1) is 12.7. The highest BCUT2D eigenvalue weighted by Gasteiger charge is 2.33. The lowest BCUT2D eigenvalue weighted by Gasteiger charge is -2.30. The van der Waals surface area contributed by atoms with E-state index in [-0.39, 0.29) is 11.9 Å². The Kier molecular flexibility index (Phi) is 4.05. The van der Waals surface area contributed by atoms with E-state index in [9.17, 15) is 4.79 Å². The average Bonchev–Trinajstić information content (AvgIpc) is 3.24. The Hall–Kier alpha value is -2.12. The Bertz CT molecular complexity index is 801. The van der Waals surface area contributed by atoms with Crippen LogP contribution in [-0.2, 0) is 0 Å². The molecule has 5 rings (SSSR count). The molecular weight excluding hydrogens is 330 g/mol. The normalized spacial score (nSPS) is 28.5. The number of nitrogens with one attached hydrogen (secondary N) is 2. The smallest absolute Gasteiger partial charge is 0.270 e. The summed E-state index contributed by atoms with van der Waals surface area (Å²) in [5, 5.41) is 7.45. The van der Waals surface area contributed by atoms with Gasteiger partial charge in [0.05, 0.1) is 6.20 Å². The van der Waals surface area contributed by atoms with Gasteiger partial charge in [0.25, 0.3) is 5.91 Å². The summed E-state index contributed by atoms with van der Waals surface area (Å²) in [4.78, 5) is 21.7. The van der Waals surface area contributed by atoms with Crippen LogP contribution in [0.25, 0.3) is 11.0 Å². The van der Waals surface area contributed by atoms with Gasteiger partial charge in [-0.05, 0) is 31.4 Å². The van der Waals surface area contributed by atoms with Crippen molar-refractivity contribution < 1.29 is 9.21 Å². The molecule has 0 saturated carbocycles. The van der Waals surface area contributed by atoms with Gasteiger partial charge in [0.2, 0.25) is 0 Å². The van der Waals surface area contributed by atoms with Crippen LogP contribution >= 0.6 is 0 Å². The molecule has 3 aliphatic heterocycles. The largest absolute Gasteiger partial charge is 0.439 e. The van der Waals surface area contributed by atoms with Gasteiger partial charge in [0.15, 0.2) is 11.5 Å². The molecule has 0 aliphatic carbocycles. The monoisotopic (exact) mass is 355 g/mol. The first-order valence-electron chi connectivity index (χ1n) is 9.63. The predicted octanol–water partition coefficient (Wildman–Crippen LogP) is 1.06. The molecule has 0 aromatic carbocycles. The number of pyridine rings is 1. The number of hydrogen-bond donors (Lipinski definition) is 2. The highest BCUT2D eigenvalue weighted by atomic mass is 16.4. The number of furan rings is 1. The number of aromatic nitrogens is 1. The molecule has 2 N–H and O–H groups in total. The van der Waals surface area contributed by atoms with E-state index in [2.05, 4.69) is 25.4 Å². The number of nitrogens with zero attached hydrogens (tertiary/aromatic N) is 3. The molecule has 3 atom stereocenters. The van der Waals surface area contributed by atoms with Crippen molar-refractivity contribution in [3.8, 4) is 0 Å². The lowest BCUT2D eigenvalue weighted by molar-refractivity contribution is 0.0904. The molecule has 0 spiro atoms. The summed E-state index contributed by atoms with van der Waals surface area (Å²) in [5.41, 5.74) is 1.20. The van der Waals surface area contributed by atoms with Crippen molar-refractivity contribution in [1.82, 2.24) is 20.5 Å². The standard InChI is InChI=1S/C19H25N5O2/c25-19(22-15-7-13-1-4-23(11-13)12-15)16-8-14-9-18(26-17(14)10-21-16)24-5-2-20-3-6-24/h8-10,13,15,20H,1-7,11-12H2,(H,22,25)/t13-,15+/m0/s1. The van der Waals surface area contributed by atoms with E-state index >= 15 is 0 Å². The highest BCUT2D eigenvalue weighted by Crippen LogP contribution is 2.28. The molecule has 5 heterocycles. The third-order valence-electron chi connectivity index (χ3n) is 5.85. The van der Waals surface area contributed by atoms with Crippen LogP contribution in [-0.4, -0.2) is 67.6 Å². The number of carbonyl (C=O) groups is 1. The summed E-state index contributed by atoms with van der Waals surface area (Å²) in [6.45, 7) is 7.11. The van der Waals surface area contributed by atoms with Gasteiger partial charge in [-0.3, -0.25) is 4.79 Å². The number of piperazine rings is 1. The zero-order chi connectivity index (χ0) is 17.5. The first kappa shape index (κ1) is 16.1. The Labute approximate surface area is 152 Å². The Morgan fingerprint density at radius 1 is 1.23 bits per heavy atom. The summed E-state index contributed by atoms with van der Waals surface area (Å²) in [5.74, 6) is 1.52. The van der Waals surface area contributed by atoms with Crippen LogP contribution in [0.5, 0.6) is 0 Å². The van der Waals surface area contributed by atoms with E-state index in [0.29, 0.717) is 5.69 Å². The predicted molar refractivity (Wildman–Crippen MR) is 99.5 cm³/mol. The fourth-order valence-corrected chi connectivity index (χ4v) is 4.52. The van der Waals surface area contributed by atoms with Crippen molar-refractivity contribution in [2.24, 2.45) is 5.92 Å². The van der Waals surface area contributed by atoms with Gasteiger partial charge in [-0.25, -0.2) is 4.98 Å². The van der Waals surface area contributed by atoms with Gasteiger partial charge in [-0.1, -0.05) is 0 Å². The van der Waals surface area contributed by atoms with Crippen LogP contribution in [0.2, 0.25) is 0 Å². The second-order valence-corrected chi connectivity index (χ2v) is 7.75. The minimum absolute atomic E-state index is 0.0793. The SMILES string of the molecule is O=C(N[C@@H]1C[C@@H]2CCN(C2)C1)c1cc2cc(N3CCNCC3)oc2cn1. The van der Waals surface area contributed by atoms with E-state index in [1.54, 1.807) is 6.20 Å². The van der Waals surface area contributed by atoms with Crippen molar-refractivity contribution in [2.45, 2.75) is 18.9 Å². The summed E-state index contributed by atoms with van der Waals surface area (Å²) in [7, 11) is 0. The van der Waals surface area contributed by atoms with Gasteiger partial charge < -0.3 is 24.9 Å². The van der Waals surface area contributed by atoms with Crippen molar-refractivity contribution >= 4 is 22.8 Å². The Morgan fingerprint density at radius 3 is 2.96 bits per heavy atom. The Balaban J connectivity index is 1.31. The summed E-state index contributed by atoms with van der Waals surface area (Å²) in [6.07, 6.45) is 4.02. The molecule has 2 bridgehead atoms. The third-order valence-corrected chi connectivity index (χ3v) is 5.85. The van der Waals surface area contributed by atoms with Gasteiger partial charge in [-0.2, -0.15) is 0 Å². The number of hydrogen-bond acceptors (Lipinski definition) is 6. The maximum Gasteiger partial charge on any atom is 0.270 e. The maximum atomic E-state index is 12.7. The van der Waals surface area contributed by atoms with E-state index in [1.165, 1.54) is 19.5 Å². The number of amides is 1. The summed E-state index contributed by atoms with van der Waals surface area (Å²) < 4.78 is 5.93. The molecule has 0 radical (unpaired) electrons. The summed E-state index contributed by atoms with van der Waals surface area (Å²) in [6, 6.07) is 4.10. The number of anilines is 1. The van der Waals surface area contributed by atoms with Gasteiger partial charge in [0.1, 0.15) is 5.69 Å². The number of piperidine rings is 1. The maximum absolute atomic E-state index is 12.7. The molecule has 7 heteroatoms. The highest BCUT2D eigenvalue weighted by molar-refractivity contribution is 5.96. The third kappa shape index (κ3) is 3.05. The van der Waals surface area contributed by atoms with E-state index in [0.717, 1.165) is 61.9 Å². The van der Waals surface area contributed by atoms with Gasteiger partial charge >= 0.3 is 0 Å². The first-order valence-corrected chi connectivity index (χ1v) is 9.63. The van der Waals surface area contributed by atoms with Crippen LogP contribution in [0.15, 0.2) is 22.7 Å². The molecule has 26 heavy (non-hydrogen) atoms. The fourth-order valence-electron chi connectivity index (χ4n) is 4.52. The van der Waals surface area contributed by atoms with Crippen LogP contribution < -0.4 is 15.5 Å². The fraction of sp³-hybridized carbons (Fsp3) is 0.579. The Morgan fingerprint density at radius 2 is 2.12 bits per heavy atom. The molecular formula is C19H25N5O2. The molecule has 7 nitrogen and oxygen atoms in total. The van der Waals surface area contributed by atoms with Crippen LogP contribution in [0.1, 0.15) is 23.3 Å². The molecule has 3 fully saturated rings. The number of carbonyl (C=O) groups excluding carboxylic acids is 1. The molecule has 138 valence electrons. The second-order valence-electron chi connectivity index (χ2n) is 7.75. The molecule has 2 aromatic rings. The van der Waals surface area contributed by atoms with E-state index in [1.807, 2.05) is 12.1 Å². The lowest BCUT2D eigenvalue weighted by Crippen LogP contribution is -2.47. The van der Waals surface area contributed by atoms with Crippen LogP contribution in [0.3, 0.4) is 0 Å². The van der Waals surface area contributed by atoms with E-state index < -0.39 is 0 Å². The average molecular weight is 355 g/mol. The molecule has 3 saturated heterocycles. The molecule has 1 amide bonds. The van der Waals surface area contributed by atoms with Gasteiger partial charge in [0, 0.05) is 56.8 Å². The molecule has 3 aliphatic rings. The number of fused-ring (bicyclic) bond motifs is 3. The summed E-state index contributed by atoms with van der Waals surface area (Å²) >= 11 is 0. The van der Waals surface area contributed by atoms with Gasteiger partial charge in [-0.15, -0.1) is 0 Å².